The maximum absolute atomic E-state index is 12.7. The number of rotatable bonds is 2. The van der Waals surface area contributed by atoms with E-state index < -0.39 is 18.2 Å². The van der Waals surface area contributed by atoms with E-state index in [1.807, 2.05) is 0 Å². The highest BCUT2D eigenvalue weighted by atomic mass is 19.4. The van der Waals surface area contributed by atoms with Gasteiger partial charge >= 0.3 is 6.30 Å². The number of hydrogen-bond donors (Lipinski definition) is 2. The summed E-state index contributed by atoms with van der Waals surface area (Å²) in [5.41, 5.74) is 9.67. The lowest BCUT2D eigenvalue weighted by Gasteiger charge is -2.10. The van der Waals surface area contributed by atoms with Crippen LogP contribution in [0.1, 0.15) is 34.8 Å². The number of nitrogens with zero attached hydrogens (tertiary/aromatic N) is 3. The molecular weight excluding hydrogens is 251 g/mol. The Morgan fingerprint density at radius 1 is 1.44 bits per heavy atom. The third kappa shape index (κ3) is 2.29. The summed E-state index contributed by atoms with van der Waals surface area (Å²) < 4.78 is 37.9. The van der Waals surface area contributed by atoms with Crippen molar-refractivity contribution >= 4 is 11.9 Å². The van der Waals surface area contributed by atoms with E-state index in [0.717, 1.165) is 6.20 Å². The molecule has 0 bridgehead atoms. The standard InChI is InChI=1S/C9H10F3N5O/c10-9(11,12)17-6(4-1-2-4)5(3-15-17)7(18)16-8(13)14/h3-4H,1-2H2,(H4,13,14,16,18). The van der Waals surface area contributed by atoms with Crippen LogP contribution >= 0.6 is 0 Å². The van der Waals surface area contributed by atoms with E-state index in [9.17, 15) is 18.0 Å². The van der Waals surface area contributed by atoms with Crippen LogP contribution in [0, 0.1) is 0 Å². The van der Waals surface area contributed by atoms with Crippen LogP contribution in [0.3, 0.4) is 0 Å². The van der Waals surface area contributed by atoms with E-state index in [1.54, 1.807) is 0 Å². The van der Waals surface area contributed by atoms with Crippen molar-refractivity contribution in [3.05, 3.63) is 17.5 Å². The Labute approximate surface area is 99.5 Å². The maximum atomic E-state index is 12.7. The van der Waals surface area contributed by atoms with Crippen LogP contribution in [-0.2, 0) is 6.30 Å². The van der Waals surface area contributed by atoms with Crippen LogP contribution in [0.2, 0.25) is 0 Å². The lowest BCUT2D eigenvalue weighted by Crippen LogP contribution is -2.25. The van der Waals surface area contributed by atoms with Crippen LogP contribution in [-0.4, -0.2) is 21.6 Å². The summed E-state index contributed by atoms with van der Waals surface area (Å²) in [5.74, 6) is -1.73. The fraction of sp³-hybridized carbons (Fsp3) is 0.444. The zero-order valence-corrected chi connectivity index (χ0v) is 9.11. The Bertz CT molecular complexity index is 511. The molecule has 1 aromatic rings. The highest BCUT2D eigenvalue weighted by Gasteiger charge is 2.41. The minimum absolute atomic E-state index is 0.0971. The van der Waals surface area contributed by atoms with Crippen molar-refractivity contribution in [1.82, 2.24) is 9.78 Å². The van der Waals surface area contributed by atoms with Crippen molar-refractivity contribution in [1.29, 1.82) is 0 Å². The van der Waals surface area contributed by atoms with E-state index in [2.05, 4.69) is 10.1 Å². The largest absolute Gasteiger partial charge is 0.504 e. The molecule has 1 fully saturated rings. The molecule has 0 saturated heterocycles. The molecular formula is C9H10F3N5O. The molecule has 9 heteroatoms. The first-order valence-electron chi connectivity index (χ1n) is 5.09. The number of halogens is 3. The van der Waals surface area contributed by atoms with E-state index in [4.69, 9.17) is 11.5 Å². The van der Waals surface area contributed by atoms with Gasteiger partial charge in [0, 0.05) is 5.92 Å². The van der Waals surface area contributed by atoms with Gasteiger partial charge in [-0.3, -0.25) is 4.79 Å². The molecule has 1 aliphatic rings. The van der Waals surface area contributed by atoms with Gasteiger partial charge in [0.05, 0.1) is 17.5 Å². The van der Waals surface area contributed by atoms with Crippen LogP contribution in [0.5, 0.6) is 0 Å². The molecule has 0 radical (unpaired) electrons. The predicted molar refractivity (Wildman–Crippen MR) is 55.6 cm³/mol. The Morgan fingerprint density at radius 2 is 2.06 bits per heavy atom. The molecule has 1 aromatic heterocycles. The molecule has 98 valence electrons. The number of aliphatic imine (C=N–C) groups is 1. The number of aromatic nitrogens is 2. The normalized spacial score (nSPS) is 15.5. The van der Waals surface area contributed by atoms with Gasteiger partial charge in [-0.1, -0.05) is 0 Å². The van der Waals surface area contributed by atoms with Gasteiger partial charge < -0.3 is 11.5 Å². The average Bonchev–Trinajstić information content (AvgIpc) is 2.93. The smallest absolute Gasteiger partial charge is 0.370 e. The monoisotopic (exact) mass is 261 g/mol. The molecule has 0 aromatic carbocycles. The van der Waals surface area contributed by atoms with Crippen LogP contribution < -0.4 is 11.5 Å². The summed E-state index contributed by atoms with van der Waals surface area (Å²) in [6, 6.07) is 0. The minimum atomic E-state index is -4.66. The second-order valence-electron chi connectivity index (χ2n) is 3.94. The van der Waals surface area contributed by atoms with Crippen molar-refractivity contribution < 1.29 is 18.0 Å². The van der Waals surface area contributed by atoms with Gasteiger partial charge in [-0.15, -0.1) is 13.2 Å². The van der Waals surface area contributed by atoms with Crippen LogP contribution in [0.15, 0.2) is 11.2 Å². The Hall–Kier alpha value is -2.06. The molecule has 0 spiro atoms. The van der Waals surface area contributed by atoms with Crippen molar-refractivity contribution in [2.45, 2.75) is 25.1 Å². The van der Waals surface area contributed by atoms with Crippen molar-refractivity contribution in [2.24, 2.45) is 16.5 Å². The number of guanidine groups is 1. The highest BCUT2D eigenvalue weighted by molar-refractivity contribution is 6.02. The molecule has 1 amide bonds. The van der Waals surface area contributed by atoms with E-state index in [1.165, 1.54) is 0 Å². The quantitative estimate of drug-likeness (QED) is 0.603. The second-order valence-corrected chi connectivity index (χ2v) is 3.94. The molecule has 0 unspecified atom stereocenters. The van der Waals surface area contributed by atoms with E-state index in [0.29, 0.717) is 12.8 Å². The Balaban J connectivity index is 2.46. The van der Waals surface area contributed by atoms with Crippen molar-refractivity contribution in [3.8, 4) is 0 Å². The summed E-state index contributed by atoms with van der Waals surface area (Å²) in [7, 11) is 0. The summed E-state index contributed by atoms with van der Waals surface area (Å²) in [4.78, 5) is 14.8. The van der Waals surface area contributed by atoms with Crippen molar-refractivity contribution in [2.75, 3.05) is 0 Å². The zero-order valence-electron chi connectivity index (χ0n) is 9.11. The summed E-state index contributed by atoms with van der Waals surface area (Å²) in [6.45, 7) is 0. The lowest BCUT2D eigenvalue weighted by molar-refractivity contribution is -0.213. The molecule has 1 aliphatic carbocycles. The third-order valence-corrected chi connectivity index (χ3v) is 2.47. The SMILES string of the molecule is NC(N)=NC(=O)c1cnn(C(F)(F)F)c1C1CC1. The molecule has 18 heavy (non-hydrogen) atoms. The summed E-state index contributed by atoms with van der Waals surface area (Å²) in [6.07, 6.45) is -2.64. The van der Waals surface area contributed by atoms with E-state index >= 15 is 0 Å². The molecule has 4 N–H and O–H groups in total. The Kier molecular flexibility index (Phi) is 2.76. The predicted octanol–water partition coefficient (Wildman–Crippen LogP) is 0.650. The van der Waals surface area contributed by atoms with E-state index in [-0.39, 0.29) is 21.9 Å². The van der Waals surface area contributed by atoms with Crippen LogP contribution in [0.25, 0.3) is 0 Å². The third-order valence-electron chi connectivity index (χ3n) is 2.47. The first kappa shape index (κ1) is 12.4. The molecule has 0 aliphatic heterocycles. The minimum Gasteiger partial charge on any atom is -0.370 e. The lowest BCUT2D eigenvalue weighted by atomic mass is 10.1. The van der Waals surface area contributed by atoms with Gasteiger partial charge in [-0.2, -0.15) is 14.8 Å². The Morgan fingerprint density at radius 3 is 2.50 bits per heavy atom. The van der Waals surface area contributed by atoms with Gasteiger partial charge in [0.15, 0.2) is 5.96 Å². The number of carbonyl (C=O) groups is 1. The van der Waals surface area contributed by atoms with Gasteiger partial charge in [0.25, 0.3) is 5.91 Å². The topological polar surface area (TPSA) is 99.3 Å². The fourth-order valence-corrected chi connectivity index (χ4v) is 1.65. The first-order chi connectivity index (χ1) is 8.30. The summed E-state index contributed by atoms with van der Waals surface area (Å²) >= 11 is 0. The van der Waals surface area contributed by atoms with Gasteiger partial charge in [0.2, 0.25) is 0 Å². The number of hydrogen-bond acceptors (Lipinski definition) is 2. The molecule has 6 nitrogen and oxygen atoms in total. The molecule has 0 atom stereocenters. The first-order valence-corrected chi connectivity index (χ1v) is 5.09. The zero-order chi connectivity index (χ0) is 13.5. The molecule has 1 heterocycles. The fourth-order valence-electron chi connectivity index (χ4n) is 1.65. The maximum Gasteiger partial charge on any atom is 0.504 e. The number of alkyl halides is 3. The number of carbonyl (C=O) groups excluding carboxylic acids is 1. The van der Waals surface area contributed by atoms with Crippen molar-refractivity contribution in [3.63, 3.8) is 0 Å². The van der Waals surface area contributed by atoms with Gasteiger partial charge in [-0.05, 0) is 12.8 Å². The van der Waals surface area contributed by atoms with Crippen LogP contribution in [0.4, 0.5) is 13.2 Å². The molecule has 1 saturated carbocycles. The average molecular weight is 261 g/mol. The molecule has 2 rings (SSSR count). The highest BCUT2D eigenvalue weighted by Crippen LogP contribution is 2.44. The number of amides is 1. The second kappa shape index (κ2) is 4.00. The summed E-state index contributed by atoms with van der Waals surface area (Å²) in [5, 5.41) is 3.20. The number of nitrogens with two attached hydrogens (primary N) is 2. The van der Waals surface area contributed by atoms with Gasteiger partial charge in [0.1, 0.15) is 0 Å². The van der Waals surface area contributed by atoms with Gasteiger partial charge in [-0.25, -0.2) is 0 Å².